The van der Waals surface area contributed by atoms with Crippen LogP contribution in [-0.2, 0) is 16.0 Å². The molecule has 0 spiro atoms. The maximum atomic E-state index is 13.4. The SMILES string of the molecule is Nc1nc(-c2cc(C=C3SC(=S)N(CCc4ccc(C(=O)O)cc4)C3=O)ccc2OCCN2CCOCC2)nc2ccccc12. The molecule has 0 radical (unpaired) electrons. The Kier molecular flexibility index (Phi) is 9.36. The van der Waals surface area contributed by atoms with Gasteiger partial charge < -0.3 is 20.3 Å². The van der Waals surface area contributed by atoms with Crippen LogP contribution in [0, 0.1) is 0 Å². The second-order valence-electron chi connectivity index (χ2n) is 10.6. The van der Waals surface area contributed by atoms with Crippen LogP contribution in [0.2, 0.25) is 0 Å². The van der Waals surface area contributed by atoms with E-state index in [1.54, 1.807) is 29.2 Å². The molecule has 1 amide bonds. The van der Waals surface area contributed by atoms with E-state index in [0.29, 0.717) is 51.8 Å². The minimum Gasteiger partial charge on any atom is -0.491 e. The monoisotopic (exact) mass is 641 g/mol. The summed E-state index contributed by atoms with van der Waals surface area (Å²) >= 11 is 6.80. The van der Waals surface area contributed by atoms with E-state index in [1.807, 2.05) is 48.5 Å². The van der Waals surface area contributed by atoms with E-state index in [9.17, 15) is 9.59 Å². The number of thiocarbonyl (C=S) groups is 1. The van der Waals surface area contributed by atoms with E-state index < -0.39 is 5.97 Å². The molecule has 45 heavy (non-hydrogen) atoms. The highest BCUT2D eigenvalue weighted by molar-refractivity contribution is 8.26. The van der Waals surface area contributed by atoms with Crippen LogP contribution in [0.5, 0.6) is 5.75 Å². The summed E-state index contributed by atoms with van der Waals surface area (Å²) in [6.07, 6.45) is 2.35. The van der Waals surface area contributed by atoms with E-state index in [2.05, 4.69) is 9.88 Å². The number of anilines is 1. The molecule has 1 aromatic heterocycles. The normalized spacial score (nSPS) is 16.5. The fourth-order valence-corrected chi connectivity index (χ4v) is 6.48. The third-order valence-corrected chi connectivity index (χ3v) is 9.02. The van der Waals surface area contributed by atoms with Gasteiger partial charge in [0, 0.05) is 31.6 Å². The number of para-hydroxylation sites is 1. The fourth-order valence-electron chi connectivity index (χ4n) is 5.17. The number of nitrogen functional groups attached to an aromatic ring is 1. The first-order chi connectivity index (χ1) is 21.9. The van der Waals surface area contributed by atoms with Gasteiger partial charge in [-0.2, -0.15) is 0 Å². The van der Waals surface area contributed by atoms with Gasteiger partial charge in [0.25, 0.3) is 5.91 Å². The Morgan fingerprint density at radius 1 is 1.07 bits per heavy atom. The number of hydrogen-bond donors (Lipinski definition) is 2. The fraction of sp³-hybridized carbons (Fsp3) is 0.242. The molecule has 0 aliphatic carbocycles. The molecule has 0 unspecified atom stereocenters. The Morgan fingerprint density at radius 3 is 2.62 bits per heavy atom. The van der Waals surface area contributed by atoms with Gasteiger partial charge in [0.1, 0.15) is 22.5 Å². The van der Waals surface area contributed by atoms with Gasteiger partial charge in [0.15, 0.2) is 5.82 Å². The number of aromatic nitrogens is 2. The van der Waals surface area contributed by atoms with E-state index in [-0.39, 0.29) is 11.5 Å². The number of carboxylic acid groups (broad SMARTS) is 1. The molecule has 6 rings (SSSR count). The van der Waals surface area contributed by atoms with E-state index in [0.717, 1.165) is 54.9 Å². The van der Waals surface area contributed by atoms with Crippen molar-refractivity contribution in [3.8, 4) is 17.1 Å². The average molecular weight is 642 g/mol. The largest absolute Gasteiger partial charge is 0.491 e. The number of morpholine rings is 1. The Hall–Kier alpha value is -4.36. The predicted molar refractivity (Wildman–Crippen MR) is 179 cm³/mol. The number of carboxylic acids is 1. The van der Waals surface area contributed by atoms with Gasteiger partial charge in [0.05, 0.1) is 34.8 Å². The lowest BCUT2D eigenvalue weighted by Gasteiger charge is -2.26. The molecule has 2 saturated heterocycles. The Bertz CT molecular complexity index is 1790. The number of carbonyl (C=O) groups is 2. The molecule has 2 aliphatic heterocycles. The summed E-state index contributed by atoms with van der Waals surface area (Å²) < 4.78 is 12.2. The third kappa shape index (κ3) is 7.15. The summed E-state index contributed by atoms with van der Waals surface area (Å²) in [5, 5.41) is 9.90. The highest BCUT2D eigenvalue weighted by Gasteiger charge is 2.31. The smallest absolute Gasteiger partial charge is 0.335 e. The summed E-state index contributed by atoms with van der Waals surface area (Å²) in [5.74, 6) is 0.278. The van der Waals surface area contributed by atoms with E-state index in [1.165, 1.54) is 11.8 Å². The molecule has 3 aromatic carbocycles. The van der Waals surface area contributed by atoms with Crippen LogP contribution >= 0.6 is 24.0 Å². The zero-order chi connectivity index (χ0) is 31.3. The van der Waals surface area contributed by atoms with Crippen molar-refractivity contribution in [2.75, 3.05) is 51.7 Å². The molecule has 2 aliphatic rings. The number of aromatic carboxylic acids is 1. The van der Waals surface area contributed by atoms with Gasteiger partial charge in [0.2, 0.25) is 0 Å². The van der Waals surface area contributed by atoms with Crippen LogP contribution < -0.4 is 10.5 Å². The van der Waals surface area contributed by atoms with Gasteiger partial charge >= 0.3 is 5.97 Å². The minimum atomic E-state index is -0.977. The lowest BCUT2D eigenvalue weighted by Crippen LogP contribution is -2.38. The van der Waals surface area contributed by atoms with Crippen LogP contribution in [0.25, 0.3) is 28.4 Å². The van der Waals surface area contributed by atoms with Crippen LogP contribution in [0.3, 0.4) is 0 Å². The van der Waals surface area contributed by atoms with Crippen molar-refractivity contribution >= 4 is 63.0 Å². The molecule has 10 nitrogen and oxygen atoms in total. The van der Waals surface area contributed by atoms with Crippen molar-refractivity contribution in [2.45, 2.75) is 6.42 Å². The maximum absolute atomic E-state index is 13.4. The summed E-state index contributed by atoms with van der Waals surface area (Å²) in [5.41, 5.74) is 9.64. The number of carbonyl (C=O) groups excluding carboxylic acids is 1. The summed E-state index contributed by atoms with van der Waals surface area (Å²) in [6, 6.07) is 19.9. The van der Waals surface area contributed by atoms with Crippen LogP contribution in [0.1, 0.15) is 21.5 Å². The number of nitrogens with zero attached hydrogens (tertiary/aromatic N) is 4. The van der Waals surface area contributed by atoms with Crippen molar-refractivity contribution in [3.63, 3.8) is 0 Å². The van der Waals surface area contributed by atoms with Gasteiger partial charge in [-0.25, -0.2) is 14.8 Å². The molecule has 12 heteroatoms. The first-order valence-corrected chi connectivity index (χ1v) is 15.8. The second-order valence-corrected chi connectivity index (χ2v) is 12.3. The van der Waals surface area contributed by atoms with E-state index >= 15 is 0 Å². The Morgan fingerprint density at radius 2 is 1.84 bits per heavy atom. The molecule has 0 saturated carbocycles. The number of amides is 1. The number of ether oxygens (including phenoxy) is 2. The minimum absolute atomic E-state index is 0.175. The lowest BCUT2D eigenvalue weighted by molar-refractivity contribution is -0.122. The van der Waals surface area contributed by atoms with Crippen LogP contribution in [0.15, 0.2) is 71.6 Å². The number of benzene rings is 3. The van der Waals surface area contributed by atoms with Gasteiger partial charge in [-0.15, -0.1) is 0 Å². The molecule has 3 heterocycles. The molecule has 0 bridgehead atoms. The zero-order valence-electron chi connectivity index (χ0n) is 24.3. The Labute approximate surface area is 269 Å². The van der Waals surface area contributed by atoms with Crippen LogP contribution in [0.4, 0.5) is 5.82 Å². The standard InChI is InChI=1S/C33H31N5O5S2/c34-29-24-3-1-2-4-26(24)35-30(36-29)25-19-22(7-10-27(25)43-18-15-37-13-16-42-17-14-37)20-28-31(39)38(33(44)45-28)12-11-21-5-8-23(9-6-21)32(40)41/h1-10,19-20H,11-18H2,(H,40,41)(H2,34,35,36). The summed E-state index contributed by atoms with van der Waals surface area (Å²) in [6.45, 7) is 4.81. The van der Waals surface area contributed by atoms with Crippen molar-refractivity contribution in [1.29, 1.82) is 0 Å². The van der Waals surface area contributed by atoms with Crippen molar-refractivity contribution in [1.82, 2.24) is 19.8 Å². The van der Waals surface area contributed by atoms with Crippen molar-refractivity contribution < 1.29 is 24.2 Å². The van der Waals surface area contributed by atoms with E-state index in [4.69, 9.17) is 37.5 Å². The second kappa shape index (κ2) is 13.7. The van der Waals surface area contributed by atoms with Crippen molar-refractivity contribution in [2.24, 2.45) is 0 Å². The maximum Gasteiger partial charge on any atom is 0.335 e. The molecule has 3 N–H and O–H groups in total. The molecular weight excluding hydrogens is 611 g/mol. The van der Waals surface area contributed by atoms with Gasteiger partial charge in [-0.05, 0) is 60.0 Å². The lowest BCUT2D eigenvalue weighted by atomic mass is 10.1. The summed E-state index contributed by atoms with van der Waals surface area (Å²) in [4.78, 5) is 38.3. The highest BCUT2D eigenvalue weighted by Crippen LogP contribution is 2.36. The average Bonchev–Trinajstić information content (AvgIpc) is 3.32. The quantitative estimate of drug-likeness (QED) is 0.184. The molecule has 4 aromatic rings. The topological polar surface area (TPSA) is 131 Å². The molecular formula is C33H31N5O5S2. The van der Waals surface area contributed by atoms with Gasteiger partial charge in [-0.1, -0.05) is 54.3 Å². The number of nitrogens with two attached hydrogens (primary N) is 1. The first kappa shape index (κ1) is 30.7. The molecule has 230 valence electrons. The predicted octanol–water partition coefficient (Wildman–Crippen LogP) is 4.73. The zero-order valence-corrected chi connectivity index (χ0v) is 26.0. The molecule has 0 atom stereocenters. The van der Waals surface area contributed by atoms with Crippen molar-refractivity contribution in [3.05, 3.63) is 88.3 Å². The van der Waals surface area contributed by atoms with Crippen LogP contribution in [-0.4, -0.2) is 87.1 Å². The number of fused-ring (bicyclic) bond motifs is 1. The third-order valence-electron chi connectivity index (χ3n) is 7.64. The Balaban J connectivity index is 1.24. The first-order valence-electron chi connectivity index (χ1n) is 14.5. The number of rotatable bonds is 10. The number of thioether (sulfide) groups is 1. The summed E-state index contributed by atoms with van der Waals surface area (Å²) in [7, 11) is 0. The highest BCUT2D eigenvalue weighted by atomic mass is 32.2. The molecule has 2 fully saturated rings. The van der Waals surface area contributed by atoms with Gasteiger partial charge in [-0.3, -0.25) is 14.6 Å². The number of hydrogen-bond acceptors (Lipinski definition) is 10.